The highest BCUT2D eigenvalue weighted by Gasteiger charge is 2.20. The molecular weight excluding hydrogens is 318 g/mol. The van der Waals surface area contributed by atoms with Gasteiger partial charge in [0.2, 0.25) is 10.0 Å². The van der Waals surface area contributed by atoms with Crippen LogP contribution < -0.4 is 14.2 Å². The minimum absolute atomic E-state index is 0.129. The van der Waals surface area contributed by atoms with Gasteiger partial charge in [-0.25, -0.2) is 13.1 Å². The van der Waals surface area contributed by atoms with E-state index in [2.05, 4.69) is 9.82 Å². The smallest absolute Gasteiger partial charge is 0.244 e. The summed E-state index contributed by atoms with van der Waals surface area (Å²) in [5.41, 5.74) is 0.776. The van der Waals surface area contributed by atoms with Gasteiger partial charge < -0.3 is 9.47 Å². The lowest BCUT2D eigenvalue weighted by molar-refractivity contribution is 0.310. The number of sulfonamides is 1. The molecular formula is C15H21N3O4S. The van der Waals surface area contributed by atoms with Crippen molar-refractivity contribution in [2.75, 3.05) is 13.7 Å². The molecule has 126 valence electrons. The van der Waals surface area contributed by atoms with Crippen LogP contribution in [0.2, 0.25) is 0 Å². The highest BCUT2D eigenvalue weighted by molar-refractivity contribution is 7.89. The van der Waals surface area contributed by atoms with Crippen LogP contribution in [-0.4, -0.2) is 31.9 Å². The fourth-order valence-electron chi connectivity index (χ4n) is 2.13. The first-order chi connectivity index (χ1) is 10.9. The van der Waals surface area contributed by atoms with E-state index in [9.17, 15) is 8.42 Å². The van der Waals surface area contributed by atoms with Gasteiger partial charge in [0.15, 0.2) is 11.5 Å². The first-order valence-electron chi connectivity index (χ1n) is 7.19. The zero-order valence-electron chi connectivity index (χ0n) is 13.6. The number of hydrogen-bond acceptors (Lipinski definition) is 5. The van der Waals surface area contributed by atoms with Crippen molar-refractivity contribution in [3.8, 4) is 11.5 Å². The predicted octanol–water partition coefficient (Wildman–Crippen LogP) is 1.87. The van der Waals surface area contributed by atoms with Gasteiger partial charge in [-0.1, -0.05) is 6.07 Å². The summed E-state index contributed by atoms with van der Waals surface area (Å²) < 4.78 is 39.5. The van der Waals surface area contributed by atoms with Crippen LogP contribution in [0.15, 0.2) is 35.5 Å². The van der Waals surface area contributed by atoms with Crippen molar-refractivity contribution in [1.82, 2.24) is 14.5 Å². The second kappa shape index (κ2) is 7.01. The average molecular weight is 339 g/mol. The number of methoxy groups -OCH3 is 1. The summed E-state index contributed by atoms with van der Waals surface area (Å²) in [5.74, 6) is 1.19. The minimum atomic E-state index is -3.63. The lowest BCUT2D eigenvalue weighted by atomic mass is 10.1. The van der Waals surface area contributed by atoms with Crippen LogP contribution in [0.4, 0.5) is 0 Å². The summed E-state index contributed by atoms with van der Waals surface area (Å²) in [7, 11) is -0.418. The van der Waals surface area contributed by atoms with E-state index in [0.717, 1.165) is 5.56 Å². The van der Waals surface area contributed by atoms with Crippen LogP contribution in [0.25, 0.3) is 0 Å². The Balaban J connectivity index is 2.22. The molecule has 2 aromatic rings. The van der Waals surface area contributed by atoms with E-state index in [1.807, 2.05) is 13.0 Å². The van der Waals surface area contributed by atoms with Crippen LogP contribution in [-0.2, 0) is 17.1 Å². The molecule has 0 bridgehead atoms. The Morgan fingerprint density at radius 1 is 1.35 bits per heavy atom. The summed E-state index contributed by atoms with van der Waals surface area (Å²) in [6.45, 7) is 4.18. The Bertz CT molecular complexity index is 771. The molecule has 1 aromatic heterocycles. The molecule has 1 N–H and O–H groups in total. The molecule has 0 fully saturated rings. The van der Waals surface area contributed by atoms with Crippen LogP contribution in [0, 0.1) is 0 Å². The molecule has 0 aliphatic heterocycles. The van der Waals surface area contributed by atoms with Crippen molar-refractivity contribution >= 4 is 10.0 Å². The Morgan fingerprint density at radius 2 is 2.09 bits per heavy atom. The van der Waals surface area contributed by atoms with Gasteiger partial charge in [0, 0.05) is 19.3 Å². The van der Waals surface area contributed by atoms with Crippen molar-refractivity contribution in [2.24, 2.45) is 7.05 Å². The largest absolute Gasteiger partial charge is 0.493 e. The molecule has 2 rings (SSSR count). The van der Waals surface area contributed by atoms with E-state index >= 15 is 0 Å². The first-order valence-corrected chi connectivity index (χ1v) is 8.67. The molecule has 7 nitrogen and oxygen atoms in total. The molecule has 0 spiro atoms. The average Bonchev–Trinajstić information content (AvgIpc) is 2.95. The van der Waals surface area contributed by atoms with Crippen molar-refractivity contribution in [2.45, 2.75) is 24.8 Å². The fraction of sp³-hybridized carbons (Fsp3) is 0.400. The SMILES string of the molecule is CCOc1ccc([C@H](C)NS(=O)(=O)c2cnn(C)c2)cc1OC. The standard InChI is InChI=1S/C15H21N3O4S/c1-5-22-14-7-6-12(8-15(14)21-4)11(2)17-23(19,20)13-9-16-18(3)10-13/h6-11,17H,5H2,1-4H3/t11-/m0/s1. The predicted molar refractivity (Wildman–Crippen MR) is 86.1 cm³/mol. The Kier molecular flexibility index (Phi) is 5.27. The molecule has 0 aliphatic rings. The van der Waals surface area contributed by atoms with Crippen molar-refractivity contribution in [1.29, 1.82) is 0 Å². The highest BCUT2D eigenvalue weighted by atomic mass is 32.2. The molecule has 23 heavy (non-hydrogen) atoms. The van der Waals surface area contributed by atoms with E-state index < -0.39 is 16.1 Å². The van der Waals surface area contributed by atoms with Crippen LogP contribution in [0.1, 0.15) is 25.5 Å². The molecule has 0 unspecified atom stereocenters. The molecule has 0 aliphatic carbocycles. The van der Waals surface area contributed by atoms with Crippen molar-refractivity contribution < 1.29 is 17.9 Å². The van der Waals surface area contributed by atoms with E-state index in [0.29, 0.717) is 18.1 Å². The third kappa shape index (κ3) is 4.02. The van der Waals surface area contributed by atoms with Gasteiger partial charge >= 0.3 is 0 Å². The van der Waals surface area contributed by atoms with Gasteiger partial charge in [-0.15, -0.1) is 0 Å². The van der Waals surface area contributed by atoms with Gasteiger partial charge in [0.25, 0.3) is 0 Å². The Hall–Kier alpha value is -2.06. The van der Waals surface area contributed by atoms with Crippen LogP contribution in [0.5, 0.6) is 11.5 Å². The Morgan fingerprint density at radius 3 is 2.65 bits per heavy atom. The van der Waals surface area contributed by atoms with E-state index in [4.69, 9.17) is 9.47 Å². The van der Waals surface area contributed by atoms with Gasteiger partial charge in [-0.2, -0.15) is 5.10 Å². The molecule has 8 heteroatoms. The number of nitrogens with one attached hydrogen (secondary N) is 1. The molecule has 0 radical (unpaired) electrons. The molecule has 0 saturated carbocycles. The fourth-order valence-corrected chi connectivity index (χ4v) is 3.35. The Labute approximate surface area is 136 Å². The quantitative estimate of drug-likeness (QED) is 0.833. The number of benzene rings is 1. The maximum atomic E-state index is 12.3. The number of aromatic nitrogens is 2. The van der Waals surface area contributed by atoms with E-state index in [-0.39, 0.29) is 4.90 Å². The first kappa shape index (κ1) is 17.3. The zero-order valence-corrected chi connectivity index (χ0v) is 14.4. The summed E-state index contributed by atoms with van der Waals surface area (Å²) in [5, 5.41) is 3.88. The molecule has 0 amide bonds. The summed E-state index contributed by atoms with van der Waals surface area (Å²) in [6.07, 6.45) is 2.77. The maximum absolute atomic E-state index is 12.3. The monoisotopic (exact) mass is 339 g/mol. The van der Waals surface area contributed by atoms with Gasteiger partial charge in [0.05, 0.1) is 19.9 Å². The van der Waals surface area contributed by atoms with Crippen molar-refractivity contribution in [3.05, 3.63) is 36.2 Å². The highest BCUT2D eigenvalue weighted by Crippen LogP contribution is 2.30. The normalized spacial score (nSPS) is 12.9. The molecule has 0 saturated heterocycles. The van der Waals surface area contributed by atoms with Crippen molar-refractivity contribution in [3.63, 3.8) is 0 Å². The van der Waals surface area contributed by atoms with Gasteiger partial charge in [-0.3, -0.25) is 4.68 Å². The topological polar surface area (TPSA) is 82.5 Å². The second-order valence-corrected chi connectivity index (χ2v) is 6.75. The minimum Gasteiger partial charge on any atom is -0.493 e. The number of nitrogens with zero attached hydrogens (tertiary/aromatic N) is 2. The lowest BCUT2D eigenvalue weighted by Crippen LogP contribution is -2.26. The summed E-state index contributed by atoms with van der Waals surface area (Å²) >= 11 is 0. The lowest BCUT2D eigenvalue weighted by Gasteiger charge is -2.16. The molecule has 1 heterocycles. The second-order valence-electron chi connectivity index (χ2n) is 5.04. The van der Waals surface area contributed by atoms with Gasteiger partial charge in [0.1, 0.15) is 4.90 Å². The molecule has 1 atom stereocenters. The zero-order chi connectivity index (χ0) is 17.0. The summed E-state index contributed by atoms with van der Waals surface area (Å²) in [6, 6.07) is 4.92. The van der Waals surface area contributed by atoms with E-state index in [1.54, 1.807) is 33.2 Å². The third-order valence-electron chi connectivity index (χ3n) is 3.31. The number of aryl methyl sites for hydroxylation is 1. The number of hydrogen-bond donors (Lipinski definition) is 1. The van der Waals surface area contributed by atoms with Crippen LogP contribution >= 0.6 is 0 Å². The summed E-state index contributed by atoms with van der Waals surface area (Å²) in [4.78, 5) is 0.129. The van der Waals surface area contributed by atoms with Crippen LogP contribution in [0.3, 0.4) is 0 Å². The number of ether oxygens (including phenoxy) is 2. The maximum Gasteiger partial charge on any atom is 0.244 e. The molecule has 1 aromatic carbocycles. The van der Waals surface area contributed by atoms with Gasteiger partial charge in [-0.05, 0) is 31.5 Å². The van der Waals surface area contributed by atoms with E-state index in [1.165, 1.54) is 17.1 Å². The third-order valence-corrected chi connectivity index (χ3v) is 4.81. The number of rotatable bonds is 7.